The third kappa shape index (κ3) is 4.92. The lowest BCUT2D eigenvalue weighted by Gasteiger charge is -2.32. The van der Waals surface area contributed by atoms with Crippen LogP contribution in [0.25, 0.3) is 10.8 Å². The summed E-state index contributed by atoms with van der Waals surface area (Å²) in [5, 5.41) is 6.96. The molecular formula is C18H25N3O3S. The molecule has 1 fully saturated rings. The minimum Gasteiger partial charge on any atom is -0.494 e. The van der Waals surface area contributed by atoms with Crippen molar-refractivity contribution in [2.24, 2.45) is 5.14 Å². The zero-order valence-corrected chi connectivity index (χ0v) is 15.3. The van der Waals surface area contributed by atoms with Crippen LogP contribution in [-0.4, -0.2) is 64.6 Å². The quantitative estimate of drug-likeness (QED) is 0.787. The van der Waals surface area contributed by atoms with Gasteiger partial charge in [-0.2, -0.15) is 0 Å². The maximum Gasteiger partial charge on any atom is 0.238 e. The van der Waals surface area contributed by atoms with E-state index in [2.05, 4.69) is 16.8 Å². The molecule has 136 valence electrons. The first-order valence-electron chi connectivity index (χ1n) is 8.52. The van der Waals surface area contributed by atoms with E-state index in [9.17, 15) is 8.42 Å². The molecule has 2 N–H and O–H groups in total. The van der Waals surface area contributed by atoms with Gasteiger partial charge in [0.05, 0.1) is 11.5 Å². The predicted octanol–water partition coefficient (Wildman–Crippen LogP) is 1.50. The van der Waals surface area contributed by atoms with Gasteiger partial charge in [-0.1, -0.05) is 12.1 Å². The summed E-state index contributed by atoms with van der Waals surface area (Å²) in [6, 6.07) is 10.6. The Morgan fingerprint density at radius 1 is 1.04 bits per heavy atom. The van der Waals surface area contributed by atoms with Crippen molar-refractivity contribution in [3.05, 3.63) is 36.4 Å². The number of likely N-dealkylation sites (N-methyl/N-ethyl adjacent to an activating group) is 1. The van der Waals surface area contributed by atoms with Crippen LogP contribution in [0.1, 0.15) is 6.42 Å². The zero-order valence-electron chi connectivity index (χ0n) is 14.5. The maximum absolute atomic E-state index is 11.5. The SMILES string of the molecule is CN1CCN(CCCOc2ccc3ccc(S(N)(=O)=O)cc3c2)CC1. The monoisotopic (exact) mass is 363 g/mol. The van der Waals surface area contributed by atoms with Crippen molar-refractivity contribution in [1.29, 1.82) is 0 Å². The van der Waals surface area contributed by atoms with Crippen molar-refractivity contribution in [3.63, 3.8) is 0 Å². The largest absolute Gasteiger partial charge is 0.494 e. The summed E-state index contributed by atoms with van der Waals surface area (Å²) in [4.78, 5) is 4.92. The maximum atomic E-state index is 11.5. The summed E-state index contributed by atoms with van der Waals surface area (Å²) in [7, 11) is -1.54. The number of hydrogen-bond donors (Lipinski definition) is 1. The molecule has 7 heteroatoms. The van der Waals surface area contributed by atoms with Crippen LogP contribution in [0.4, 0.5) is 0 Å². The highest BCUT2D eigenvalue weighted by atomic mass is 32.2. The minimum atomic E-state index is -3.69. The zero-order chi connectivity index (χ0) is 17.9. The van der Waals surface area contributed by atoms with Crippen LogP contribution in [0.2, 0.25) is 0 Å². The van der Waals surface area contributed by atoms with E-state index in [1.807, 2.05) is 18.2 Å². The highest BCUT2D eigenvalue weighted by Gasteiger charge is 2.13. The van der Waals surface area contributed by atoms with Crippen LogP contribution in [-0.2, 0) is 10.0 Å². The van der Waals surface area contributed by atoms with Gasteiger partial charge in [0.15, 0.2) is 0 Å². The fourth-order valence-corrected chi connectivity index (χ4v) is 3.57. The number of piperazine rings is 1. The first-order valence-corrected chi connectivity index (χ1v) is 10.1. The summed E-state index contributed by atoms with van der Waals surface area (Å²) in [6.07, 6.45) is 0.971. The van der Waals surface area contributed by atoms with E-state index in [0.29, 0.717) is 6.61 Å². The molecule has 0 radical (unpaired) electrons. The van der Waals surface area contributed by atoms with Gasteiger partial charge in [-0.25, -0.2) is 13.6 Å². The van der Waals surface area contributed by atoms with Crippen LogP contribution in [0.5, 0.6) is 5.75 Å². The molecule has 0 bridgehead atoms. The van der Waals surface area contributed by atoms with E-state index in [4.69, 9.17) is 9.88 Å². The third-order valence-corrected chi connectivity index (χ3v) is 5.51. The molecule has 1 heterocycles. The fourth-order valence-electron chi connectivity index (χ4n) is 3.02. The Morgan fingerprint density at radius 3 is 2.48 bits per heavy atom. The van der Waals surface area contributed by atoms with Crippen molar-refractivity contribution in [1.82, 2.24) is 9.80 Å². The molecule has 25 heavy (non-hydrogen) atoms. The molecule has 1 aliphatic rings. The lowest BCUT2D eigenvalue weighted by molar-refractivity contribution is 0.145. The van der Waals surface area contributed by atoms with Crippen molar-refractivity contribution < 1.29 is 13.2 Å². The third-order valence-electron chi connectivity index (χ3n) is 4.60. The van der Waals surface area contributed by atoms with Crippen LogP contribution in [0.3, 0.4) is 0 Å². The van der Waals surface area contributed by atoms with Crippen LogP contribution >= 0.6 is 0 Å². The summed E-state index contributed by atoms with van der Waals surface area (Å²) < 4.78 is 28.8. The van der Waals surface area contributed by atoms with Gasteiger partial charge in [0.2, 0.25) is 10.0 Å². The van der Waals surface area contributed by atoms with Gasteiger partial charge in [-0.15, -0.1) is 0 Å². The second-order valence-electron chi connectivity index (χ2n) is 6.56. The Bertz CT molecular complexity index is 831. The van der Waals surface area contributed by atoms with Gasteiger partial charge >= 0.3 is 0 Å². The predicted molar refractivity (Wildman–Crippen MR) is 99.4 cm³/mol. The highest BCUT2D eigenvalue weighted by Crippen LogP contribution is 2.23. The molecule has 0 unspecified atom stereocenters. The van der Waals surface area contributed by atoms with Crippen molar-refractivity contribution >= 4 is 20.8 Å². The average molecular weight is 363 g/mol. The Kier molecular flexibility index (Phi) is 5.58. The molecule has 0 spiro atoms. The summed E-state index contributed by atoms with van der Waals surface area (Å²) in [5.41, 5.74) is 0. The van der Waals surface area contributed by atoms with Gasteiger partial charge < -0.3 is 14.5 Å². The van der Waals surface area contributed by atoms with Crippen LogP contribution in [0.15, 0.2) is 41.3 Å². The van der Waals surface area contributed by atoms with Gasteiger partial charge in [0.25, 0.3) is 0 Å². The second-order valence-corrected chi connectivity index (χ2v) is 8.12. The fraction of sp³-hybridized carbons (Fsp3) is 0.444. The van der Waals surface area contributed by atoms with E-state index in [1.54, 1.807) is 12.1 Å². The van der Waals surface area contributed by atoms with E-state index in [0.717, 1.165) is 55.7 Å². The number of rotatable bonds is 6. The summed E-state index contributed by atoms with van der Waals surface area (Å²) >= 11 is 0. The molecular weight excluding hydrogens is 338 g/mol. The topological polar surface area (TPSA) is 75.9 Å². The first kappa shape index (κ1) is 18.1. The number of ether oxygens (including phenoxy) is 1. The first-order chi connectivity index (χ1) is 11.9. The smallest absolute Gasteiger partial charge is 0.238 e. The number of primary sulfonamides is 1. The highest BCUT2D eigenvalue weighted by molar-refractivity contribution is 7.89. The summed E-state index contributed by atoms with van der Waals surface area (Å²) in [6.45, 7) is 6.16. The second kappa shape index (κ2) is 7.70. The Morgan fingerprint density at radius 2 is 1.76 bits per heavy atom. The molecule has 1 aliphatic heterocycles. The number of nitrogens with two attached hydrogens (primary N) is 1. The Labute approximate surface area is 149 Å². The molecule has 0 atom stereocenters. The number of nitrogens with zero attached hydrogens (tertiary/aromatic N) is 2. The molecule has 0 saturated carbocycles. The van der Waals surface area contributed by atoms with Crippen LogP contribution in [0, 0.1) is 0 Å². The average Bonchev–Trinajstić information content (AvgIpc) is 2.59. The Hall–Kier alpha value is -1.67. The molecule has 2 aromatic rings. The minimum absolute atomic E-state index is 0.118. The van der Waals surface area contributed by atoms with Crippen molar-refractivity contribution in [2.75, 3.05) is 46.4 Å². The normalized spacial score (nSPS) is 17.0. The molecule has 1 saturated heterocycles. The molecule has 0 aliphatic carbocycles. The number of sulfonamides is 1. The number of hydrogen-bond acceptors (Lipinski definition) is 5. The van der Waals surface area contributed by atoms with E-state index in [1.165, 1.54) is 6.07 Å². The van der Waals surface area contributed by atoms with E-state index >= 15 is 0 Å². The van der Waals surface area contributed by atoms with Crippen molar-refractivity contribution in [2.45, 2.75) is 11.3 Å². The van der Waals surface area contributed by atoms with Crippen molar-refractivity contribution in [3.8, 4) is 5.75 Å². The van der Waals surface area contributed by atoms with Gasteiger partial charge in [0.1, 0.15) is 5.75 Å². The van der Waals surface area contributed by atoms with Crippen LogP contribution < -0.4 is 9.88 Å². The summed E-state index contributed by atoms with van der Waals surface area (Å²) in [5.74, 6) is 0.748. The lowest BCUT2D eigenvalue weighted by atomic mass is 10.1. The lowest BCUT2D eigenvalue weighted by Crippen LogP contribution is -2.44. The van der Waals surface area contributed by atoms with E-state index < -0.39 is 10.0 Å². The molecule has 6 nitrogen and oxygen atoms in total. The standard InChI is InChI=1S/C18H25N3O3S/c1-20-8-10-21(11-9-20)7-2-12-24-17-5-3-15-4-6-18(25(19,22)23)14-16(15)13-17/h3-6,13-14H,2,7-12H2,1H3,(H2,19,22,23). The van der Waals surface area contributed by atoms with Gasteiger partial charge in [-0.05, 0) is 48.5 Å². The molecule has 3 rings (SSSR count). The molecule has 2 aromatic carbocycles. The number of benzene rings is 2. The van der Waals surface area contributed by atoms with Gasteiger partial charge in [-0.3, -0.25) is 0 Å². The number of fused-ring (bicyclic) bond motifs is 1. The Balaban J connectivity index is 1.56. The van der Waals surface area contributed by atoms with Gasteiger partial charge in [0, 0.05) is 32.7 Å². The molecule has 0 amide bonds. The van der Waals surface area contributed by atoms with E-state index in [-0.39, 0.29) is 4.90 Å². The molecule has 0 aromatic heterocycles.